The number of carbonyl (C=O) groups is 1. The topological polar surface area (TPSA) is 74.2 Å². The number of amides is 1. The highest BCUT2D eigenvalue weighted by Crippen LogP contribution is 2.37. The van der Waals surface area contributed by atoms with E-state index in [1.54, 1.807) is 0 Å². The van der Waals surface area contributed by atoms with Crippen molar-refractivity contribution in [2.75, 3.05) is 18.5 Å². The summed E-state index contributed by atoms with van der Waals surface area (Å²) in [5.74, 6) is -0.825. The Bertz CT molecular complexity index is 757. The summed E-state index contributed by atoms with van der Waals surface area (Å²) < 4.78 is 82.3. The van der Waals surface area contributed by atoms with E-state index in [1.165, 1.54) is 6.07 Å². The van der Waals surface area contributed by atoms with Crippen LogP contribution >= 0.6 is 0 Å². The largest absolute Gasteiger partial charge is 0.416 e. The van der Waals surface area contributed by atoms with Gasteiger partial charge in [0.2, 0.25) is 0 Å². The number of hydrogen-bond acceptors (Lipinski definition) is 4. The van der Waals surface area contributed by atoms with Gasteiger partial charge in [-0.2, -0.15) is 31.6 Å². The number of nitrogens with zero attached hydrogens (tertiary/aromatic N) is 1. The maximum atomic E-state index is 12.8. The molecule has 28 heavy (non-hydrogen) atoms. The van der Waals surface area contributed by atoms with Crippen LogP contribution in [-0.4, -0.2) is 25.2 Å². The van der Waals surface area contributed by atoms with Crippen LogP contribution in [0.4, 0.5) is 32.0 Å². The molecule has 0 saturated carbocycles. The smallest absolute Gasteiger partial charge is 0.376 e. The van der Waals surface area contributed by atoms with Crippen molar-refractivity contribution in [1.82, 2.24) is 5.32 Å². The first-order valence-corrected chi connectivity index (χ1v) is 8.07. The van der Waals surface area contributed by atoms with E-state index in [4.69, 9.17) is 10.00 Å². The number of rotatable bonds is 5. The van der Waals surface area contributed by atoms with Gasteiger partial charge < -0.3 is 15.4 Å². The fraction of sp³-hybridized carbons (Fsp3) is 0.412. The highest BCUT2D eigenvalue weighted by atomic mass is 19.4. The third-order valence-corrected chi connectivity index (χ3v) is 3.85. The standard InChI is InChI=1S/C17H15F6N3O2/c18-16(19,20)11-4-12(17(21,22)23)6-13(5-11)25-8-10(7-24)15(27)26-9-14-2-1-3-28-14/h4-6,8,14,25H,1-3,9H2,(H,26,27)/b10-8-. The lowest BCUT2D eigenvalue weighted by atomic mass is 10.1. The van der Waals surface area contributed by atoms with Crippen LogP contribution in [0.1, 0.15) is 24.0 Å². The number of ether oxygens (including phenoxy) is 1. The third-order valence-electron chi connectivity index (χ3n) is 3.85. The zero-order chi connectivity index (χ0) is 20.9. The van der Waals surface area contributed by atoms with Crippen LogP contribution in [0.25, 0.3) is 0 Å². The van der Waals surface area contributed by atoms with E-state index in [1.807, 2.05) is 0 Å². The van der Waals surface area contributed by atoms with Crippen LogP contribution in [0.5, 0.6) is 0 Å². The molecule has 0 aliphatic carbocycles. The molecule has 0 spiro atoms. The highest BCUT2D eigenvalue weighted by Gasteiger charge is 2.36. The van der Waals surface area contributed by atoms with Gasteiger partial charge in [-0.15, -0.1) is 0 Å². The molecule has 1 saturated heterocycles. The number of nitriles is 1. The van der Waals surface area contributed by atoms with Crippen molar-refractivity contribution in [1.29, 1.82) is 5.26 Å². The molecule has 1 amide bonds. The van der Waals surface area contributed by atoms with Crippen molar-refractivity contribution in [3.05, 3.63) is 41.1 Å². The van der Waals surface area contributed by atoms with Gasteiger partial charge in [0, 0.05) is 25.0 Å². The van der Waals surface area contributed by atoms with Gasteiger partial charge in [-0.25, -0.2) is 0 Å². The molecule has 0 bridgehead atoms. The van der Waals surface area contributed by atoms with Gasteiger partial charge in [0.1, 0.15) is 11.6 Å². The summed E-state index contributed by atoms with van der Waals surface area (Å²) in [7, 11) is 0. The number of carbonyl (C=O) groups excluding carboxylic acids is 1. The molecule has 1 atom stereocenters. The van der Waals surface area contributed by atoms with Crippen molar-refractivity contribution in [3.8, 4) is 6.07 Å². The molecule has 1 aromatic carbocycles. The summed E-state index contributed by atoms with van der Waals surface area (Å²) in [6.07, 6.45) is -7.89. The van der Waals surface area contributed by atoms with E-state index in [9.17, 15) is 31.1 Å². The average molecular weight is 407 g/mol. The molecule has 2 N–H and O–H groups in total. The SMILES string of the molecule is N#C/C(=C/Nc1cc(C(F)(F)F)cc(C(F)(F)F)c1)C(=O)NCC1CCCO1. The molecule has 2 rings (SSSR count). The van der Waals surface area contributed by atoms with E-state index >= 15 is 0 Å². The lowest BCUT2D eigenvalue weighted by Crippen LogP contribution is -2.32. The first-order valence-electron chi connectivity index (χ1n) is 8.07. The second kappa shape index (κ2) is 8.52. The average Bonchev–Trinajstić information content (AvgIpc) is 3.12. The molecule has 11 heteroatoms. The fourth-order valence-corrected chi connectivity index (χ4v) is 2.45. The monoisotopic (exact) mass is 407 g/mol. The maximum Gasteiger partial charge on any atom is 0.416 e. The van der Waals surface area contributed by atoms with Gasteiger partial charge in [-0.1, -0.05) is 0 Å². The summed E-state index contributed by atoms with van der Waals surface area (Å²) in [4.78, 5) is 11.9. The minimum atomic E-state index is -5.00. The molecular weight excluding hydrogens is 392 g/mol. The molecule has 0 aromatic heterocycles. The Kier molecular flexibility index (Phi) is 6.56. The quantitative estimate of drug-likeness (QED) is 0.442. The van der Waals surface area contributed by atoms with E-state index < -0.39 is 40.6 Å². The zero-order valence-corrected chi connectivity index (χ0v) is 14.2. The first-order chi connectivity index (χ1) is 13.0. The molecule has 5 nitrogen and oxygen atoms in total. The number of anilines is 1. The van der Waals surface area contributed by atoms with Crippen LogP contribution in [0, 0.1) is 11.3 Å². The van der Waals surface area contributed by atoms with E-state index in [2.05, 4.69) is 10.6 Å². The van der Waals surface area contributed by atoms with Gasteiger partial charge >= 0.3 is 12.4 Å². The minimum Gasteiger partial charge on any atom is -0.376 e. The van der Waals surface area contributed by atoms with Gasteiger partial charge in [0.25, 0.3) is 5.91 Å². The maximum absolute atomic E-state index is 12.8. The Morgan fingerprint density at radius 1 is 1.18 bits per heavy atom. The van der Waals surface area contributed by atoms with Gasteiger partial charge in [0.05, 0.1) is 17.2 Å². The highest BCUT2D eigenvalue weighted by molar-refractivity contribution is 5.97. The fourth-order valence-electron chi connectivity index (χ4n) is 2.45. The molecule has 152 valence electrons. The zero-order valence-electron chi connectivity index (χ0n) is 14.2. The second-order valence-corrected chi connectivity index (χ2v) is 5.95. The van der Waals surface area contributed by atoms with Crippen LogP contribution in [0.2, 0.25) is 0 Å². The summed E-state index contributed by atoms with van der Waals surface area (Å²) in [5, 5.41) is 13.6. The van der Waals surface area contributed by atoms with Crippen molar-refractivity contribution in [2.24, 2.45) is 0 Å². The Hall–Kier alpha value is -2.74. The molecule has 1 heterocycles. The Labute approximate surface area is 156 Å². The summed E-state index contributed by atoms with van der Waals surface area (Å²) in [5.41, 5.74) is -4.11. The normalized spacial score (nSPS) is 17.9. The molecule has 1 fully saturated rings. The van der Waals surface area contributed by atoms with Crippen LogP contribution in [0.3, 0.4) is 0 Å². The Morgan fingerprint density at radius 3 is 2.25 bits per heavy atom. The van der Waals surface area contributed by atoms with Crippen molar-refractivity contribution in [2.45, 2.75) is 31.3 Å². The van der Waals surface area contributed by atoms with E-state index in [0.717, 1.165) is 19.0 Å². The lowest BCUT2D eigenvalue weighted by molar-refractivity contribution is -0.143. The van der Waals surface area contributed by atoms with Gasteiger partial charge in [0.15, 0.2) is 0 Å². The molecule has 1 unspecified atom stereocenters. The van der Waals surface area contributed by atoms with Crippen LogP contribution in [0.15, 0.2) is 30.0 Å². The van der Waals surface area contributed by atoms with E-state index in [-0.39, 0.29) is 18.7 Å². The number of hydrogen-bond donors (Lipinski definition) is 2. The van der Waals surface area contributed by atoms with Crippen molar-refractivity contribution in [3.63, 3.8) is 0 Å². The van der Waals surface area contributed by atoms with Crippen LogP contribution in [-0.2, 0) is 21.9 Å². The Balaban J connectivity index is 2.17. The van der Waals surface area contributed by atoms with Crippen molar-refractivity contribution >= 4 is 11.6 Å². The predicted molar refractivity (Wildman–Crippen MR) is 85.7 cm³/mol. The molecule has 1 aromatic rings. The van der Waals surface area contributed by atoms with E-state index in [0.29, 0.717) is 18.7 Å². The number of alkyl halides is 6. The number of halogens is 6. The molecular formula is C17H15F6N3O2. The summed E-state index contributed by atoms with van der Waals surface area (Å²) in [6, 6.07) is 2.42. The summed E-state index contributed by atoms with van der Waals surface area (Å²) in [6.45, 7) is 0.694. The number of nitrogens with one attached hydrogen (secondary N) is 2. The van der Waals surface area contributed by atoms with Gasteiger partial charge in [-0.05, 0) is 31.0 Å². The third kappa shape index (κ3) is 5.88. The lowest BCUT2D eigenvalue weighted by Gasteiger charge is -2.14. The molecule has 1 aliphatic heterocycles. The predicted octanol–water partition coefficient (Wildman–Crippen LogP) is 3.84. The summed E-state index contributed by atoms with van der Waals surface area (Å²) >= 11 is 0. The van der Waals surface area contributed by atoms with Gasteiger partial charge in [-0.3, -0.25) is 4.79 Å². The van der Waals surface area contributed by atoms with Crippen molar-refractivity contribution < 1.29 is 35.9 Å². The molecule has 0 radical (unpaired) electrons. The molecule has 1 aliphatic rings. The second-order valence-electron chi connectivity index (χ2n) is 5.95. The number of benzene rings is 1. The van der Waals surface area contributed by atoms with Crippen LogP contribution < -0.4 is 10.6 Å². The Morgan fingerprint density at radius 2 is 1.79 bits per heavy atom. The minimum absolute atomic E-state index is 0.0194. The first kappa shape index (κ1) is 21.6.